The molecule has 0 amide bonds. The average molecular weight is 250 g/mol. The van der Waals surface area contributed by atoms with E-state index in [4.69, 9.17) is 0 Å². The van der Waals surface area contributed by atoms with Gasteiger partial charge in [-0.05, 0) is 35.9 Å². The van der Waals surface area contributed by atoms with E-state index in [1.807, 2.05) is 39.0 Å². The molecule has 1 heteroatoms. The van der Waals surface area contributed by atoms with Crippen LogP contribution in [-0.2, 0) is 0 Å². The summed E-state index contributed by atoms with van der Waals surface area (Å²) in [6, 6.07) is 8.86. The Kier molecular flexibility index (Phi) is 7.90. The van der Waals surface area contributed by atoms with Gasteiger partial charge in [0.1, 0.15) is 0 Å². The molecule has 0 aliphatic rings. The van der Waals surface area contributed by atoms with Gasteiger partial charge in [0, 0.05) is 9.58 Å². The van der Waals surface area contributed by atoms with Crippen molar-refractivity contribution in [1.82, 2.24) is 0 Å². The van der Waals surface area contributed by atoms with E-state index in [0.29, 0.717) is 5.92 Å². The Morgan fingerprint density at radius 3 is 2.06 bits per heavy atom. The predicted molar refractivity (Wildman–Crippen MR) is 83.3 cm³/mol. The Morgan fingerprint density at radius 2 is 1.59 bits per heavy atom. The Bertz CT molecular complexity index is 424. The van der Waals surface area contributed by atoms with Crippen molar-refractivity contribution >= 4 is 21.4 Å². The molecule has 0 N–H and O–H groups in total. The van der Waals surface area contributed by atoms with Crippen molar-refractivity contribution in [3.8, 4) is 0 Å². The van der Waals surface area contributed by atoms with Crippen molar-refractivity contribution in [1.29, 1.82) is 0 Å². The summed E-state index contributed by atoms with van der Waals surface area (Å²) in [6.45, 7) is 14.7. The van der Waals surface area contributed by atoms with Crippen molar-refractivity contribution in [3.05, 3.63) is 34.7 Å². The van der Waals surface area contributed by atoms with Gasteiger partial charge in [0.2, 0.25) is 0 Å². The van der Waals surface area contributed by atoms with E-state index in [1.54, 1.807) is 0 Å². The van der Waals surface area contributed by atoms with Crippen LogP contribution in [0.4, 0.5) is 0 Å². The zero-order chi connectivity index (χ0) is 13.4. The highest BCUT2D eigenvalue weighted by atomic mass is 32.1. The van der Waals surface area contributed by atoms with Crippen LogP contribution in [0.15, 0.2) is 24.3 Å². The summed E-state index contributed by atoms with van der Waals surface area (Å²) in [4.78, 5) is 1.49. The SMILES string of the molecule is CC.CC.Cc1cccc2sc(C(C)C)cc12. The van der Waals surface area contributed by atoms with E-state index in [2.05, 4.69) is 45.0 Å². The second-order valence-corrected chi connectivity index (χ2v) is 4.91. The van der Waals surface area contributed by atoms with Crippen molar-refractivity contribution in [2.45, 2.75) is 54.4 Å². The molecule has 17 heavy (non-hydrogen) atoms. The molecule has 1 aromatic carbocycles. The minimum Gasteiger partial charge on any atom is -0.140 e. The predicted octanol–water partition coefficient (Wildman–Crippen LogP) is 6.39. The number of hydrogen-bond donors (Lipinski definition) is 0. The van der Waals surface area contributed by atoms with Crippen molar-refractivity contribution < 1.29 is 0 Å². The Labute approximate surface area is 111 Å². The second kappa shape index (κ2) is 8.30. The molecular formula is C16H26S. The van der Waals surface area contributed by atoms with E-state index >= 15 is 0 Å². The first kappa shape index (κ1) is 16.2. The molecule has 0 aliphatic heterocycles. The topological polar surface area (TPSA) is 0 Å². The van der Waals surface area contributed by atoms with Gasteiger partial charge in [-0.25, -0.2) is 0 Å². The quantitative estimate of drug-likeness (QED) is 0.550. The first-order chi connectivity index (χ1) is 8.18. The molecule has 0 spiro atoms. The van der Waals surface area contributed by atoms with Crippen LogP contribution in [0, 0.1) is 6.92 Å². The van der Waals surface area contributed by atoms with Crippen LogP contribution in [0.3, 0.4) is 0 Å². The summed E-state index contributed by atoms with van der Waals surface area (Å²) >= 11 is 1.92. The Balaban J connectivity index is 0.000000581. The molecule has 0 fully saturated rings. The fraction of sp³-hybridized carbons (Fsp3) is 0.500. The summed E-state index contributed by atoms with van der Waals surface area (Å²) in [5.74, 6) is 0.650. The van der Waals surface area contributed by atoms with Crippen LogP contribution in [0.5, 0.6) is 0 Å². The van der Waals surface area contributed by atoms with E-state index < -0.39 is 0 Å². The molecule has 0 saturated carbocycles. The van der Waals surface area contributed by atoms with Crippen molar-refractivity contribution in [2.75, 3.05) is 0 Å². The first-order valence-electron chi connectivity index (χ1n) is 6.67. The van der Waals surface area contributed by atoms with Crippen LogP contribution in [0.1, 0.15) is 57.9 Å². The minimum atomic E-state index is 0.650. The molecule has 1 heterocycles. The zero-order valence-corrected chi connectivity index (χ0v) is 13.1. The summed E-state index contributed by atoms with van der Waals surface area (Å²) in [7, 11) is 0. The monoisotopic (exact) mass is 250 g/mol. The normalized spacial score (nSPS) is 9.41. The minimum absolute atomic E-state index is 0.650. The summed E-state index contributed by atoms with van der Waals surface area (Å²) < 4.78 is 1.42. The van der Waals surface area contributed by atoms with Gasteiger partial charge in [-0.3, -0.25) is 0 Å². The van der Waals surface area contributed by atoms with Gasteiger partial charge in [-0.1, -0.05) is 53.7 Å². The Hall–Kier alpha value is -0.820. The van der Waals surface area contributed by atoms with E-state index in [0.717, 1.165) is 0 Å². The maximum Gasteiger partial charge on any atom is 0.0348 e. The summed E-state index contributed by atoms with van der Waals surface area (Å²) in [5.41, 5.74) is 1.39. The Morgan fingerprint density at radius 1 is 1.00 bits per heavy atom. The van der Waals surface area contributed by atoms with E-state index in [9.17, 15) is 0 Å². The molecule has 0 atom stereocenters. The second-order valence-electron chi connectivity index (χ2n) is 3.79. The lowest BCUT2D eigenvalue weighted by Crippen LogP contribution is -1.78. The number of hydrogen-bond acceptors (Lipinski definition) is 1. The average Bonchev–Trinajstić information content (AvgIpc) is 2.80. The third-order valence-corrected chi connectivity index (χ3v) is 3.77. The molecule has 1 aromatic heterocycles. The van der Waals surface area contributed by atoms with Crippen LogP contribution in [-0.4, -0.2) is 0 Å². The number of fused-ring (bicyclic) bond motifs is 1. The van der Waals surface area contributed by atoms with Gasteiger partial charge >= 0.3 is 0 Å². The van der Waals surface area contributed by atoms with Gasteiger partial charge in [0.05, 0.1) is 0 Å². The van der Waals surface area contributed by atoms with Gasteiger partial charge in [0.15, 0.2) is 0 Å². The number of thiophene rings is 1. The molecule has 0 unspecified atom stereocenters. The molecule has 0 bridgehead atoms. The molecule has 0 saturated heterocycles. The third kappa shape index (κ3) is 4.16. The van der Waals surface area contributed by atoms with Crippen LogP contribution < -0.4 is 0 Å². The van der Waals surface area contributed by atoms with Gasteiger partial charge in [-0.2, -0.15) is 0 Å². The molecule has 2 rings (SSSR count). The van der Waals surface area contributed by atoms with Crippen molar-refractivity contribution in [2.24, 2.45) is 0 Å². The third-order valence-electron chi connectivity index (χ3n) is 2.37. The fourth-order valence-electron chi connectivity index (χ4n) is 1.51. The highest BCUT2D eigenvalue weighted by Gasteiger charge is 2.05. The number of benzene rings is 1. The molecular weight excluding hydrogens is 224 g/mol. The molecule has 2 aromatic rings. The van der Waals surface area contributed by atoms with Crippen LogP contribution in [0.25, 0.3) is 10.1 Å². The highest BCUT2D eigenvalue weighted by Crippen LogP contribution is 2.32. The molecule has 0 nitrogen and oxygen atoms in total. The van der Waals surface area contributed by atoms with E-state index in [1.165, 1.54) is 20.5 Å². The fourth-order valence-corrected chi connectivity index (χ4v) is 2.65. The molecule has 0 radical (unpaired) electrons. The lowest BCUT2D eigenvalue weighted by molar-refractivity contribution is 0.890. The summed E-state index contributed by atoms with van der Waals surface area (Å²) in [5, 5.41) is 1.43. The lowest BCUT2D eigenvalue weighted by Gasteiger charge is -1.96. The van der Waals surface area contributed by atoms with Gasteiger partial charge in [0.25, 0.3) is 0 Å². The van der Waals surface area contributed by atoms with Gasteiger partial charge in [-0.15, -0.1) is 11.3 Å². The lowest BCUT2D eigenvalue weighted by atomic mass is 10.1. The standard InChI is InChI=1S/C12H14S.2C2H6/c1-8(2)12-7-10-9(3)5-4-6-11(10)13-12;2*1-2/h4-8H,1-3H3;2*1-2H3. The molecule has 96 valence electrons. The zero-order valence-electron chi connectivity index (χ0n) is 12.3. The number of rotatable bonds is 1. The van der Waals surface area contributed by atoms with Gasteiger partial charge < -0.3 is 0 Å². The maximum absolute atomic E-state index is 2.33. The van der Waals surface area contributed by atoms with Crippen molar-refractivity contribution in [3.63, 3.8) is 0 Å². The largest absolute Gasteiger partial charge is 0.140 e. The smallest absolute Gasteiger partial charge is 0.0348 e. The van der Waals surface area contributed by atoms with Crippen LogP contribution >= 0.6 is 11.3 Å². The first-order valence-corrected chi connectivity index (χ1v) is 7.49. The maximum atomic E-state index is 2.33. The highest BCUT2D eigenvalue weighted by molar-refractivity contribution is 7.19. The van der Waals surface area contributed by atoms with Crippen LogP contribution in [0.2, 0.25) is 0 Å². The molecule has 0 aliphatic carbocycles. The summed E-state index contributed by atoms with van der Waals surface area (Å²) in [6.07, 6.45) is 0. The van der Waals surface area contributed by atoms with E-state index in [-0.39, 0.29) is 0 Å². The number of aryl methyl sites for hydroxylation is 1.